The second-order valence-corrected chi connectivity index (χ2v) is 3.66. The van der Waals surface area contributed by atoms with Gasteiger partial charge in [0.15, 0.2) is 0 Å². The van der Waals surface area contributed by atoms with E-state index < -0.39 is 0 Å². The minimum Gasteiger partial charge on any atom is -0.298 e. The number of hydrogen-bond acceptors (Lipinski definition) is 1. The molecule has 0 heterocycles. The Bertz CT molecular complexity index is 191. The van der Waals surface area contributed by atoms with Crippen LogP contribution in [0.5, 0.6) is 0 Å². The molecule has 0 aromatic carbocycles. The fourth-order valence-corrected chi connectivity index (χ4v) is 1.74. The lowest BCUT2D eigenvalue weighted by Crippen LogP contribution is -2.17. The maximum atomic E-state index is 10.7. The van der Waals surface area contributed by atoms with Crippen molar-refractivity contribution in [2.75, 3.05) is 0 Å². The summed E-state index contributed by atoms with van der Waals surface area (Å²) in [7, 11) is 0. The summed E-state index contributed by atoms with van der Waals surface area (Å²) < 4.78 is 0. The third-order valence-corrected chi connectivity index (χ3v) is 2.94. The maximum absolute atomic E-state index is 10.7. The van der Waals surface area contributed by atoms with Crippen molar-refractivity contribution in [1.82, 2.24) is 0 Å². The molecule has 1 heteroatoms. The van der Waals surface area contributed by atoms with Crippen LogP contribution in [0.3, 0.4) is 0 Å². The van der Waals surface area contributed by atoms with Crippen LogP contribution in [0.15, 0.2) is 11.1 Å². The van der Waals surface area contributed by atoms with Gasteiger partial charge in [-0.3, -0.25) is 4.79 Å². The second-order valence-electron chi connectivity index (χ2n) is 3.66. The first-order valence-electron chi connectivity index (χ1n) is 4.31. The third-order valence-electron chi connectivity index (χ3n) is 2.94. The fourth-order valence-electron chi connectivity index (χ4n) is 1.74. The summed E-state index contributed by atoms with van der Waals surface area (Å²) in [5, 5.41) is 0. The highest BCUT2D eigenvalue weighted by atomic mass is 16.1. The summed E-state index contributed by atoms with van der Waals surface area (Å²) in [6.45, 7) is 6.45. The molecule has 0 N–H and O–H groups in total. The van der Waals surface area contributed by atoms with Crippen molar-refractivity contribution in [2.45, 2.75) is 33.6 Å². The van der Waals surface area contributed by atoms with E-state index in [1.807, 2.05) is 0 Å². The van der Waals surface area contributed by atoms with Gasteiger partial charge >= 0.3 is 0 Å². The van der Waals surface area contributed by atoms with Gasteiger partial charge < -0.3 is 0 Å². The molecule has 0 aliphatic heterocycles. The number of carbonyl (C=O) groups excluding carboxylic acids is 1. The lowest BCUT2D eigenvalue weighted by atomic mass is 9.78. The standard InChI is InChI=1S/C10H16O/c1-7-4-5-8(2)10(6-11)9(7)3/h6-7,9H,4-5H2,1-3H3/t7-,9+/m0/s1. The van der Waals surface area contributed by atoms with Gasteiger partial charge in [0.1, 0.15) is 6.29 Å². The summed E-state index contributed by atoms with van der Waals surface area (Å²) in [5.74, 6) is 1.15. The average Bonchev–Trinajstić information content (AvgIpc) is 1.99. The van der Waals surface area contributed by atoms with E-state index in [0.717, 1.165) is 18.3 Å². The molecule has 0 radical (unpaired) electrons. The van der Waals surface area contributed by atoms with Gasteiger partial charge in [0, 0.05) is 0 Å². The van der Waals surface area contributed by atoms with Crippen LogP contribution in [0.2, 0.25) is 0 Å². The summed E-state index contributed by atoms with van der Waals surface area (Å²) in [6.07, 6.45) is 3.39. The Morgan fingerprint density at radius 3 is 2.55 bits per heavy atom. The molecule has 0 fully saturated rings. The zero-order valence-electron chi connectivity index (χ0n) is 7.55. The Kier molecular flexibility index (Phi) is 2.48. The number of carbonyl (C=O) groups is 1. The van der Waals surface area contributed by atoms with Crippen molar-refractivity contribution >= 4 is 6.29 Å². The van der Waals surface area contributed by atoms with Crippen LogP contribution in [0, 0.1) is 11.8 Å². The largest absolute Gasteiger partial charge is 0.298 e. The fraction of sp³-hybridized carbons (Fsp3) is 0.700. The number of aldehydes is 1. The lowest BCUT2D eigenvalue weighted by Gasteiger charge is -2.27. The van der Waals surface area contributed by atoms with E-state index in [0.29, 0.717) is 11.8 Å². The minimum absolute atomic E-state index is 0.473. The molecule has 1 rings (SSSR count). The Hall–Kier alpha value is -0.590. The van der Waals surface area contributed by atoms with Crippen LogP contribution in [-0.4, -0.2) is 6.29 Å². The molecular weight excluding hydrogens is 136 g/mol. The van der Waals surface area contributed by atoms with Gasteiger partial charge in [-0.1, -0.05) is 19.4 Å². The summed E-state index contributed by atoms with van der Waals surface area (Å²) in [5.41, 5.74) is 2.34. The number of allylic oxidation sites excluding steroid dienone is 2. The Labute approximate surface area is 68.5 Å². The smallest absolute Gasteiger partial charge is 0.146 e. The highest BCUT2D eigenvalue weighted by Crippen LogP contribution is 2.32. The topological polar surface area (TPSA) is 17.1 Å². The van der Waals surface area contributed by atoms with Crippen LogP contribution in [0.4, 0.5) is 0 Å². The molecule has 62 valence electrons. The van der Waals surface area contributed by atoms with Gasteiger partial charge in [-0.05, 0) is 37.2 Å². The third kappa shape index (κ3) is 1.52. The first-order valence-corrected chi connectivity index (χ1v) is 4.31. The highest BCUT2D eigenvalue weighted by molar-refractivity contribution is 5.75. The molecule has 0 aromatic heterocycles. The van der Waals surface area contributed by atoms with Gasteiger partial charge in [0.2, 0.25) is 0 Å². The van der Waals surface area contributed by atoms with Crippen LogP contribution >= 0.6 is 0 Å². The molecule has 11 heavy (non-hydrogen) atoms. The van der Waals surface area contributed by atoms with Crippen LogP contribution in [0.1, 0.15) is 33.6 Å². The zero-order chi connectivity index (χ0) is 8.43. The van der Waals surface area contributed by atoms with Gasteiger partial charge in [-0.15, -0.1) is 0 Å². The van der Waals surface area contributed by atoms with E-state index in [9.17, 15) is 4.79 Å². The lowest BCUT2D eigenvalue weighted by molar-refractivity contribution is -0.105. The van der Waals surface area contributed by atoms with Crippen LogP contribution in [-0.2, 0) is 4.79 Å². The Balaban J connectivity index is 2.88. The molecule has 1 nitrogen and oxygen atoms in total. The van der Waals surface area contributed by atoms with E-state index in [1.54, 1.807) is 0 Å². The van der Waals surface area contributed by atoms with Crippen molar-refractivity contribution in [3.63, 3.8) is 0 Å². The molecule has 0 spiro atoms. The normalized spacial score (nSPS) is 32.3. The molecule has 1 aliphatic carbocycles. The first kappa shape index (κ1) is 8.51. The molecule has 2 atom stereocenters. The number of rotatable bonds is 1. The first-order chi connectivity index (χ1) is 5.16. The second kappa shape index (κ2) is 3.21. The Morgan fingerprint density at radius 2 is 2.09 bits per heavy atom. The van der Waals surface area contributed by atoms with Crippen molar-refractivity contribution in [2.24, 2.45) is 11.8 Å². The molecular formula is C10H16O. The predicted molar refractivity (Wildman–Crippen MR) is 46.3 cm³/mol. The van der Waals surface area contributed by atoms with E-state index >= 15 is 0 Å². The van der Waals surface area contributed by atoms with Crippen molar-refractivity contribution in [3.05, 3.63) is 11.1 Å². The molecule has 0 aromatic rings. The quantitative estimate of drug-likeness (QED) is 0.528. The molecule has 0 bridgehead atoms. The average molecular weight is 152 g/mol. The highest BCUT2D eigenvalue weighted by Gasteiger charge is 2.22. The number of hydrogen-bond donors (Lipinski definition) is 0. The SMILES string of the molecule is CC1=C(C=O)[C@H](C)[C@@H](C)CC1. The molecule has 0 saturated carbocycles. The van der Waals surface area contributed by atoms with Crippen molar-refractivity contribution < 1.29 is 4.79 Å². The zero-order valence-corrected chi connectivity index (χ0v) is 7.55. The monoisotopic (exact) mass is 152 g/mol. The van der Waals surface area contributed by atoms with Gasteiger partial charge in [0.05, 0.1) is 0 Å². The summed E-state index contributed by atoms with van der Waals surface area (Å²) in [6, 6.07) is 0. The summed E-state index contributed by atoms with van der Waals surface area (Å²) >= 11 is 0. The minimum atomic E-state index is 0.473. The van der Waals surface area contributed by atoms with Gasteiger partial charge in [0.25, 0.3) is 0 Å². The van der Waals surface area contributed by atoms with Crippen LogP contribution < -0.4 is 0 Å². The Morgan fingerprint density at radius 1 is 1.45 bits per heavy atom. The van der Waals surface area contributed by atoms with Gasteiger partial charge in [-0.2, -0.15) is 0 Å². The van der Waals surface area contributed by atoms with E-state index in [2.05, 4.69) is 20.8 Å². The molecule has 0 amide bonds. The van der Waals surface area contributed by atoms with Crippen molar-refractivity contribution in [3.8, 4) is 0 Å². The molecule has 0 saturated heterocycles. The summed E-state index contributed by atoms with van der Waals surface area (Å²) in [4.78, 5) is 10.7. The molecule has 1 aliphatic rings. The van der Waals surface area contributed by atoms with E-state index in [4.69, 9.17) is 0 Å². The van der Waals surface area contributed by atoms with Crippen molar-refractivity contribution in [1.29, 1.82) is 0 Å². The van der Waals surface area contributed by atoms with E-state index in [-0.39, 0.29) is 0 Å². The maximum Gasteiger partial charge on any atom is 0.146 e. The van der Waals surface area contributed by atoms with E-state index in [1.165, 1.54) is 12.0 Å². The predicted octanol–water partition coefficient (Wildman–Crippen LogP) is 2.57. The van der Waals surface area contributed by atoms with Gasteiger partial charge in [-0.25, -0.2) is 0 Å². The van der Waals surface area contributed by atoms with Crippen LogP contribution in [0.25, 0.3) is 0 Å². The molecule has 0 unspecified atom stereocenters.